The van der Waals surface area contributed by atoms with Crippen LogP contribution in [-0.2, 0) is 4.74 Å². The predicted octanol–water partition coefficient (Wildman–Crippen LogP) is 1.36. The molecule has 4 heteroatoms. The van der Waals surface area contributed by atoms with Crippen molar-refractivity contribution < 1.29 is 9.84 Å². The number of hydrogen-bond acceptors (Lipinski definition) is 4. The number of aliphatic hydroxyl groups excluding tert-OH is 1. The van der Waals surface area contributed by atoms with E-state index in [1.165, 1.54) is 19.4 Å². The van der Waals surface area contributed by atoms with Crippen LogP contribution in [0.15, 0.2) is 12.7 Å². The van der Waals surface area contributed by atoms with Crippen molar-refractivity contribution in [2.45, 2.75) is 31.8 Å². The van der Waals surface area contributed by atoms with Crippen molar-refractivity contribution in [3.63, 3.8) is 0 Å². The minimum Gasteiger partial charge on any atom is -0.392 e. The van der Waals surface area contributed by atoms with E-state index < -0.39 is 0 Å². The maximum absolute atomic E-state index is 9.95. The molecule has 0 aromatic rings. The molecule has 0 radical (unpaired) electrons. The summed E-state index contributed by atoms with van der Waals surface area (Å²) in [5, 5.41) is 9.95. The third-order valence-corrected chi connectivity index (χ3v) is 4.50. The number of likely N-dealkylation sites (tertiary alicyclic amines) is 1. The van der Waals surface area contributed by atoms with Crippen molar-refractivity contribution >= 4 is 0 Å². The quantitative estimate of drug-likeness (QED) is 0.715. The first-order chi connectivity index (χ1) is 9.78. The van der Waals surface area contributed by atoms with Gasteiger partial charge in [-0.2, -0.15) is 0 Å². The zero-order chi connectivity index (χ0) is 14.2. The van der Waals surface area contributed by atoms with Crippen molar-refractivity contribution in [2.24, 2.45) is 5.92 Å². The number of rotatable bonds is 7. The van der Waals surface area contributed by atoms with Gasteiger partial charge >= 0.3 is 0 Å². The largest absolute Gasteiger partial charge is 0.392 e. The zero-order valence-corrected chi connectivity index (χ0v) is 12.7. The molecule has 116 valence electrons. The van der Waals surface area contributed by atoms with Crippen molar-refractivity contribution in [1.29, 1.82) is 0 Å². The highest BCUT2D eigenvalue weighted by Crippen LogP contribution is 2.19. The van der Waals surface area contributed by atoms with Crippen molar-refractivity contribution in [2.75, 3.05) is 52.5 Å². The van der Waals surface area contributed by atoms with Crippen molar-refractivity contribution in [3.05, 3.63) is 12.7 Å². The molecule has 2 heterocycles. The summed E-state index contributed by atoms with van der Waals surface area (Å²) in [5.74, 6) is 0.828. The maximum atomic E-state index is 9.95. The number of β-amino-alcohol motifs (C(OH)–C–C–N with tert-alkyl or cyclic N) is 1. The lowest BCUT2D eigenvalue weighted by Gasteiger charge is -2.36. The van der Waals surface area contributed by atoms with E-state index in [0.717, 1.165) is 64.7 Å². The fraction of sp³-hybridized carbons (Fsp3) is 0.875. The Morgan fingerprint density at radius 1 is 1.15 bits per heavy atom. The molecular formula is C16H30N2O2. The standard InChI is InChI=1S/C16H30N2O2/c1-2-3-4-16(19)14-17-7-5-15(6-8-17)13-18-9-11-20-12-10-18/h2,15-16,19H,1,3-14H2. The van der Waals surface area contributed by atoms with E-state index >= 15 is 0 Å². The van der Waals surface area contributed by atoms with E-state index in [0.29, 0.717) is 0 Å². The minimum absolute atomic E-state index is 0.191. The van der Waals surface area contributed by atoms with Crippen LogP contribution in [0.2, 0.25) is 0 Å². The van der Waals surface area contributed by atoms with E-state index in [1.54, 1.807) is 0 Å². The van der Waals surface area contributed by atoms with Gasteiger partial charge in [-0.05, 0) is 44.7 Å². The Hall–Kier alpha value is -0.420. The Kier molecular flexibility index (Phi) is 7.00. The van der Waals surface area contributed by atoms with E-state index in [4.69, 9.17) is 4.74 Å². The molecule has 1 atom stereocenters. The van der Waals surface area contributed by atoms with Gasteiger partial charge in [0.1, 0.15) is 0 Å². The molecule has 0 spiro atoms. The normalized spacial score (nSPS) is 24.6. The summed E-state index contributed by atoms with van der Waals surface area (Å²) < 4.78 is 5.40. The molecule has 2 aliphatic rings. The van der Waals surface area contributed by atoms with Crippen LogP contribution in [0.5, 0.6) is 0 Å². The lowest BCUT2D eigenvalue weighted by molar-refractivity contribution is 0.0215. The van der Waals surface area contributed by atoms with Gasteiger partial charge in [0.15, 0.2) is 0 Å². The second-order valence-corrected chi connectivity index (χ2v) is 6.18. The van der Waals surface area contributed by atoms with E-state index in [9.17, 15) is 5.11 Å². The molecule has 20 heavy (non-hydrogen) atoms. The predicted molar refractivity (Wildman–Crippen MR) is 81.9 cm³/mol. The molecule has 2 saturated heterocycles. The Morgan fingerprint density at radius 2 is 1.85 bits per heavy atom. The highest BCUT2D eigenvalue weighted by Gasteiger charge is 2.23. The molecule has 0 bridgehead atoms. The number of morpholine rings is 1. The van der Waals surface area contributed by atoms with Crippen LogP contribution < -0.4 is 0 Å². The van der Waals surface area contributed by atoms with Crippen molar-refractivity contribution in [3.8, 4) is 0 Å². The summed E-state index contributed by atoms with van der Waals surface area (Å²) >= 11 is 0. The lowest BCUT2D eigenvalue weighted by Crippen LogP contribution is -2.44. The van der Waals surface area contributed by atoms with E-state index in [2.05, 4.69) is 16.4 Å². The number of hydrogen-bond donors (Lipinski definition) is 1. The van der Waals surface area contributed by atoms with Gasteiger partial charge in [0, 0.05) is 26.2 Å². The molecule has 0 aromatic carbocycles. The van der Waals surface area contributed by atoms with Crippen molar-refractivity contribution in [1.82, 2.24) is 9.80 Å². The lowest BCUT2D eigenvalue weighted by atomic mass is 9.95. The number of ether oxygens (including phenoxy) is 1. The average Bonchev–Trinajstić information content (AvgIpc) is 2.48. The zero-order valence-electron chi connectivity index (χ0n) is 12.7. The van der Waals surface area contributed by atoms with Crippen LogP contribution in [0, 0.1) is 5.92 Å². The van der Waals surface area contributed by atoms with Crippen LogP contribution >= 0.6 is 0 Å². The fourth-order valence-corrected chi connectivity index (χ4v) is 3.20. The number of aliphatic hydroxyl groups is 1. The van der Waals surface area contributed by atoms with Gasteiger partial charge in [0.05, 0.1) is 19.3 Å². The maximum Gasteiger partial charge on any atom is 0.0670 e. The summed E-state index contributed by atoms with van der Waals surface area (Å²) in [4.78, 5) is 4.96. The van der Waals surface area contributed by atoms with Crippen LogP contribution in [0.3, 0.4) is 0 Å². The highest BCUT2D eigenvalue weighted by molar-refractivity contribution is 4.78. The third kappa shape index (κ3) is 5.52. The second kappa shape index (κ2) is 8.78. The van der Waals surface area contributed by atoms with Crippen LogP contribution in [-0.4, -0.2) is 73.5 Å². The summed E-state index contributed by atoms with van der Waals surface area (Å²) in [6.45, 7) is 12.0. The molecule has 0 saturated carbocycles. The topological polar surface area (TPSA) is 35.9 Å². The van der Waals surface area contributed by atoms with Gasteiger partial charge in [0.25, 0.3) is 0 Å². The van der Waals surface area contributed by atoms with Gasteiger partial charge in [-0.3, -0.25) is 4.90 Å². The highest BCUT2D eigenvalue weighted by atomic mass is 16.5. The molecule has 0 aliphatic carbocycles. The second-order valence-electron chi connectivity index (χ2n) is 6.18. The van der Waals surface area contributed by atoms with Crippen LogP contribution in [0.25, 0.3) is 0 Å². The average molecular weight is 282 g/mol. The van der Waals surface area contributed by atoms with Crippen LogP contribution in [0.4, 0.5) is 0 Å². The Balaban J connectivity index is 1.60. The van der Waals surface area contributed by atoms with Gasteiger partial charge < -0.3 is 14.7 Å². The third-order valence-electron chi connectivity index (χ3n) is 4.50. The molecule has 1 unspecified atom stereocenters. The molecule has 2 fully saturated rings. The molecule has 0 amide bonds. The van der Waals surface area contributed by atoms with Gasteiger partial charge in [0.2, 0.25) is 0 Å². The first-order valence-corrected chi connectivity index (χ1v) is 8.09. The summed E-state index contributed by atoms with van der Waals surface area (Å²) in [6, 6.07) is 0. The van der Waals surface area contributed by atoms with E-state index in [1.807, 2.05) is 6.08 Å². The summed E-state index contributed by atoms with van der Waals surface area (Å²) in [6.07, 6.45) is 5.99. The minimum atomic E-state index is -0.191. The SMILES string of the molecule is C=CCCC(O)CN1CCC(CN2CCOCC2)CC1. The number of nitrogens with zero attached hydrogens (tertiary/aromatic N) is 2. The fourth-order valence-electron chi connectivity index (χ4n) is 3.20. The summed E-state index contributed by atoms with van der Waals surface area (Å²) in [5.41, 5.74) is 0. The summed E-state index contributed by atoms with van der Waals surface area (Å²) in [7, 11) is 0. The number of piperidine rings is 1. The molecule has 0 aromatic heterocycles. The molecule has 2 aliphatic heterocycles. The Labute approximate surface area is 123 Å². The van der Waals surface area contributed by atoms with Gasteiger partial charge in [-0.1, -0.05) is 6.08 Å². The first-order valence-electron chi connectivity index (χ1n) is 8.09. The molecule has 4 nitrogen and oxygen atoms in total. The Bertz CT molecular complexity index is 272. The van der Waals surface area contributed by atoms with Gasteiger partial charge in [-0.15, -0.1) is 6.58 Å². The molecule has 2 rings (SSSR count). The molecular weight excluding hydrogens is 252 g/mol. The Morgan fingerprint density at radius 3 is 2.50 bits per heavy atom. The van der Waals surface area contributed by atoms with Crippen LogP contribution in [0.1, 0.15) is 25.7 Å². The molecule has 1 N–H and O–H groups in total. The smallest absolute Gasteiger partial charge is 0.0670 e. The monoisotopic (exact) mass is 282 g/mol. The first kappa shape index (κ1) is 16.0. The van der Waals surface area contributed by atoms with Gasteiger partial charge in [-0.25, -0.2) is 0 Å². The van der Waals surface area contributed by atoms with E-state index in [-0.39, 0.29) is 6.10 Å². The number of allylic oxidation sites excluding steroid dienone is 1.